The molecule has 0 heterocycles. The van der Waals surface area contributed by atoms with Crippen molar-refractivity contribution in [3.63, 3.8) is 0 Å². The topological polar surface area (TPSA) is 9.23 Å². The molecule has 2 aromatic rings. The SMILES string of the molecule is CC(C)(C)c1ccc(C=COC=Cc2ccc(C(C)(C)C)cc2)cc1. The molecule has 0 unspecified atom stereocenters. The molecule has 25 heavy (non-hydrogen) atoms. The van der Waals surface area contributed by atoms with Gasteiger partial charge in [-0.05, 0) is 45.2 Å². The third kappa shape index (κ3) is 5.94. The fourth-order valence-corrected chi connectivity index (χ4v) is 2.47. The van der Waals surface area contributed by atoms with Crippen LogP contribution in [0.4, 0.5) is 0 Å². The zero-order chi connectivity index (χ0) is 18.5. The normalized spacial score (nSPS) is 12.9. The van der Waals surface area contributed by atoms with E-state index in [0.29, 0.717) is 0 Å². The van der Waals surface area contributed by atoms with Crippen molar-refractivity contribution in [2.75, 3.05) is 0 Å². The zero-order valence-electron chi connectivity index (χ0n) is 16.3. The summed E-state index contributed by atoms with van der Waals surface area (Å²) >= 11 is 0. The Hall–Kier alpha value is -2.28. The van der Waals surface area contributed by atoms with E-state index in [-0.39, 0.29) is 10.8 Å². The van der Waals surface area contributed by atoms with E-state index < -0.39 is 0 Å². The Labute approximate surface area is 153 Å². The summed E-state index contributed by atoms with van der Waals surface area (Å²) in [7, 11) is 0. The van der Waals surface area contributed by atoms with Crippen LogP contribution in [0, 0.1) is 0 Å². The molecule has 0 saturated carbocycles. The van der Waals surface area contributed by atoms with Crippen LogP contribution in [0.15, 0.2) is 61.1 Å². The van der Waals surface area contributed by atoms with Crippen LogP contribution < -0.4 is 0 Å². The second kappa shape index (κ2) is 7.74. The predicted molar refractivity (Wildman–Crippen MR) is 109 cm³/mol. The third-order valence-electron chi connectivity index (χ3n) is 4.23. The lowest BCUT2D eigenvalue weighted by atomic mass is 9.87. The number of hydrogen-bond acceptors (Lipinski definition) is 1. The van der Waals surface area contributed by atoms with Crippen molar-refractivity contribution in [3.05, 3.63) is 83.3 Å². The maximum absolute atomic E-state index is 5.48. The highest BCUT2D eigenvalue weighted by Crippen LogP contribution is 2.23. The molecular formula is C24H30O. The van der Waals surface area contributed by atoms with Crippen molar-refractivity contribution < 1.29 is 4.74 Å². The summed E-state index contributed by atoms with van der Waals surface area (Å²) in [5.41, 5.74) is 5.31. The molecule has 0 bridgehead atoms. The van der Waals surface area contributed by atoms with E-state index in [9.17, 15) is 0 Å². The van der Waals surface area contributed by atoms with Gasteiger partial charge < -0.3 is 4.74 Å². The standard InChI is InChI=1S/C24H30O/c1-23(2,3)21-11-7-19(8-12-21)15-17-25-18-16-20-9-13-22(14-10-20)24(4,5)6/h7-18H,1-6H3. The molecule has 2 aromatic carbocycles. The number of hydrogen-bond donors (Lipinski definition) is 0. The first kappa shape index (κ1) is 19.1. The van der Waals surface area contributed by atoms with Gasteiger partial charge in [-0.2, -0.15) is 0 Å². The van der Waals surface area contributed by atoms with E-state index in [1.165, 1.54) is 11.1 Å². The molecule has 0 aromatic heterocycles. The second-order valence-corrected chi connectivity index (χ2v) is 8.49. The maximum atomic E-state index is 5.48. The number of rotatable bonds is 4. The van der Waals surface area contributed by atoms with Gasteiger partial charge in [0.2, 0.25) is 0 Å². The fourth-order valence-electron chi connectivity index (χ4n) is 2.47. The van der Waals surface area contributed by atoms with Gasteiger partial charge in [-0.3, -0.25) is 0 Å². The summed E-state index contributed by atoms with van der Waals surface area (Å²) in [6.45, 7) is 13.3. The molecule has 0 amide bonds. The minimum atomic E-state index is 0.185. The van der Waals surface area contributed by atoms with Gasteiger partial charge in [0.15, 0.2) is 0 Å². The van der Waals surface area contributed by atoms with E-state index in [1.54, 1.807) is 12.5 Å². The van der Waals surface area contributed by atoms with E-state index in [2.05, 4.69) is 90.1 Å². The lowest BCUT2D eigenvalue weighted by molar-refractivity contribution is 0.410. The summed E-state index contributed by atoms with van der Waals surface area (Å²) in [6.07, 6.45) is 7.37. The van der Waals surface area contributed by atoms with Crippen LogP contribution in [0.2, 0.25) is 0 Å². The summed E-state index contributed by atoms with van der Waals surface area (Å²) in [6, 6.07) is 17.2. The maximum Gasteiger partial charge on any atom is 0.0907 e. The van der Waals surface area contributed by atoms with Gasteiger partial charge in [-0.25, -0.2) is 0 Å². The molecule has 1 heteroatoms. The molecule has 2 rings (SSSR count). The Morgan fingerprint density at radius 1 is 0.560 bits per heavy atom. The first-order valence-electron chi connectivity index (χ1n) is 8.86. The fraction of sp³-hybridized carbons (Fsp3) is 0.333. The lowest BCUT2D eigenvalue weighted by Crippen LogP contribution is -2.10. The quantitative estimate of drug-likeness (QED) is 0.550. The number of benzene rings is 2. The van der Waals surface area contributed by atoms with Crippen molar-refractivity contribution in [1.29, 1.82) is 0 Å². The molecule has 0 radical (unpaired) electrons. The predicted octanol–water partition coefficient (Wildman–Crippen LogP) is 6.94. The molecular weight excluding hydrogens is 304 g/mol. The first-order chi connectivity index (χ1) is 11.7. The Kier molecular flexibility index (Phi) is 5.89. The van der Waals surface area contributed by atoms with E-state index in [0.717, 1.165) is 11.1 Å². The van der Waals surface area contributed by atoms with Crippen LogP contribution in [0.5, 0.6) is 0 Å². The first-order valence-corrected chi connectivity index (χ1v) is 8.86. The molecule has 0 aliphatic rings. The van der Waals surface area contributed by atoms with Gasteiger partial charge in [0.05, 0.1) is 12.5 Å². The monoisotopic (exact) mass is 334 g/mol. The summed E-state index contributed by atoms with van der Waals surface area (Å²) in [5.74, 6) is 0. The van der Waals surface area contributed by atoms with Crippen LogP contribution in [-0.2, 0) is 15.6 Å². The Morgan fingerprint density at radius 3 is 1.16 bits per heavy atom. The van der Waals surface area contributed by atoms with Gasteiger partial charge in [0.25, 0.3) is 0 Å². The van der Waals surface area contributed by atoms with Crippen molar-refractivity contribution in [2.24, 2.45) is 0 Å². The highest BCUT2D eigenvalue weighted by Gasteiger charge is 2.13. The molecule has 0 spiro atoms. The Balaban J connectivity index is 1.89. The average molecular weight is 335 g/mol. The highest BCUT2D eigenvalue weighted by atomic mass is 16.5. The van der Waals surface area contributed by atoms with Gasteiger partial charge in [-0.15, -0.1) is 0 Å². The third-order valence-corrected chi connectivity index (χ3v) is 4.23. The second-order valence-electron chi connectivity index (χ2n) is 8.49. The van der Waals surface area contributed by atoms with Gasteiger partial charge in [0, 0.05) is 0 Å². The Morgan fingerprint density at radius 2 is 0.880 bits per heavy atom. The van der Waals surface area contributed by atoms with Crippen LogP contribution in [0.3, 0.4) is 0 Å². The van der Waals surface area contributed by atoms with Crippen molar-refractivity contribution in [1.82, 2.24) is 0 Å². The smallest absolute Gasteiger partial charge is 0.0907 e. The minimum Gasteiger partial charge on any atom is -0.473 e. The molecule has 0 aliphatic heterocycles. The van der Waals surface area contributed by atoms with Crippen molar-refractivity contribution in [3.8, 4) is 0 Å². The van der Waals surface area contributed by atoms with Crippen LogP contribution in [0.25, 0.3) is 12.2 Å². The van der Waals surface area contributed by atoms with Gasteiger partial charge in [-0.1, -0.05) is 90.1 Å². The lowest BCUT2D eigenvalue weighted by Gasteiger charge is -2.18. The van der Waals surface area contributed by atoms with E-state index in [4.69, 9.17) is 4.74 Å². The highest BCUT2D eigenvalue weighted by molar-refractivity contribution is 5.51. The number of ether oxygens (including phenoxy) is 1. The van der Waals surface area contributed by atoms with Crippen LogP contribution in [0.1, 0.15) is 63.8 Å². The summed E-state index contributed by atoms with van der Waals surface area (Å²) < 4.78 is 5.48. The minimum absolute atomic E-state index is 0.185. The Bertz CT molecular complexity index is 652. The van der Waals surface area contributed by atoms with E-state index >= 15 is 0 Å². The molecule has 0 aliphatic carbocycles. The molecule has 0 saturated heterocycles. The molecule has 0 atom stereocenters. The molecule has 0 N–H and O–H groups in total. The summed E-state index contributed by atoms with van der Waals surface area (Å²) in [4.78, 5) is 0. The average Bonchev–Trinajstić information content (AvgIpc) is 2.54. The van der Waals surface area contributed by atoms with Crippen molar-refractivity contribution >= 4 is 12.2 Å². The van der Waals surface area contributed by atoms with Crippen LogP contribution in [-0.4, -0.2) is 0 Å². The van der Waals surface area contributed by atoms with Crippen LogP contribution >= 0.6 is 0 Å². The molecule has 132 valence electrons. The zero-order valence-corrected chi connectivity index (χ0v) is 16.3. The van der Waals surface area contributed by atoms with Crippen molar-refractivity contribution in [2.45, 2.75) is 52.4 Å². The van der Waals surface area contributed by atoms with Gasteiger partial charge >= 0.3 is 0 Å². The summed E-state index contributed by atoms with van der Waals surface area (Å²) in [5, 5.41) is 0. The molecule has 0 fully saturated rings. The van der Waals surface area contributed by atoms with E-state index in [1.807, 2.05) is 12.2 Å². The molecule has 1 nitrogen and oxygen atoms in total. The largest absolute Gasteiger partial charge is 0.473 e. The van der Waals surface area contributed by atoms with Gasteiger partial charge in [0.1, 0.15) is 0 Å².